The van der Waals surface area contributed by atoms with Crippen molar-refractivity contribution in [2.24, 2.45) is 5.73 Å². The average Bonchev–Trinajstić information content (AvgIpc) is 2.34. The van der Waals surface area contributed by atoms with Crippen molar-refractivity contribution in [2.75, 3.05) is 0 Å². The van der Waals surface area contributed by atoms with Crippen LogP contribution in [0.1, 0.15) is 24.1 Å². The summed E-state index contributed by atoms with van der Waals surface area (Å²) < 4.78 is 19.0. The van der Waals surface area contributed by atoms with Gasteiger partial charge in [-0.2, -0.15) is 0 Å². The van der Waals surface area contributed by atoms with Gasteiger partial charge in [0, 0.05) is 11.6 Å². The Kier molecular flexibility index (Phi) is 4.08. The lowest BCUT2D eigenvalue weighted by Gasteiger charge is -2.14. The number of nitrogens with two attached hydrogens (primary N) is 1. The smallest absolute Gasteiger partial charge is 0.146 e. The van der Waals surface area contributed by atoms with E-state index in [1.165, 1.54) is 12.1 Å². The van der Waals surface area contributed by atoms with Gasteiger partial charge in [-0.05, 0) is 49.7 Å². The van der Waals surface area contributed by atoms with Crippen molar-refractivity contribution < 1.29 is 9.13 Å². The molecule has 0 unspecified atom stereocenters. The highest BCUT2D eigenvalue weighted by atomic mass is 35.5. The molecule has 0 heterocycles. The maximum Gasteiger partial charge on any atom is 0.146 e. The van der Waals surface area contributed by atoms with Crippen LogP contribution in [0.2, 0.25) is 5.02 Å². The second-order valence-corrected chi connectivity index (χ2v) is 4.91. The van der Waals surface area contributed by atoms with E-state index in [9.17, 15) is 4.39 Å². The molecule has 1 atom stereocenters. The fourth-order valence-electron chi connectivity index (χ4n) is 1.78. The zero-order valence-corrected chi connectivity index (χ0v) is 11.5. The summed E-state index contributed by atoms with van der Waals surface area (Å²) in [5.41, 5.74) is 7.47. The van der Waals surface area contributed by atoms with Gasteiger partial charge < -0.3 is 10.5 Å². The third-order valence-corrected chi connectivity index (χ3v) is 3.07. The van der Waals surface area contributed by atoms with Crippen molar-refractivity contribution in [2.45, 2.75) is 19.9 Å². The van der Waals surface area contributed by atoms with Gasteiger partial charge in [-0.25, -0.2) is 4.39 Å². The van der Waals surface area contributed by atoms with Gasteiger partial charge in [-0.1, -0.05) is 17.7 Å². The normalized spacial score (nSPS) is 12.3. The van der Waals surface area contributed by atoms with Gasteiger partial charge in [0.1, 0.15) is 17.3 Å². The highest BCUT2D eigenvalue weighted by Gasteiger charge is 2.12. The number of hydrogen-bond donors (Lipinski definition) is 1. The molecule has 0 saturated carbocycles. The van der Waals surface area contributed by atoms with Crippen molar-refractivity contribution in [3.05, 3.63) is 58.4 Å². The molecule has 0 spiro atoms. The van der Waals surface area contributed by atoms with Crippen LogP contribution >= 0.6 is 11.6 Å². The van der Waals surface area contributed by atoms with Gasteiger partial charge >= 0.3 is 0 Å². The maximum atomic E-state index is 13.2. The molecule has 0 amide bonds. The Balaban J connectivity index is 2.38. The molecule has 0 fully saturated rings. The molecule has 2 N–H and O–H groups in total. The third-order valence-electron chi connectivity index (χ3n) is 2.77. The molecule has 2 nitrogen and oxygen atoms in total. The van der Waals surface area contributed by atoms with Crippen molar-refractivity contribution in [1.29, 1.82) is 0 Å². The molecule has 2 rings (SSSR count). The number of rotatable bonds is 3. The zero-order chi connectivity index (χ0) is 14.0. The molecule has 0 radical (unpaired) electrons. The van der Waals surface area contributed by atoms with Crippen molar-refractivity contribution in [1.82, 2.24) is 0 Å². The van der Waals surface area contributed by atoms with E-state index in [1.807, 2.05) is 19.1 Å². The Labute approximate surface area is 117 Å². The predicted octanol–water partition coefficient (Wildman–Crippen LogP) is 4.60. The van der Waals surface area contributed by atoms with Gasteiger partial charge in [0.25, 0.3) is 0 Å². The lowest BCUT2D eigenvalue weighted by molar-refractivity contribution is 0.469. The maximum absolute atomic E-state index is 13.2. The predicted molar refractivity (Wildman–Crippen MR) is 75.3 cm³/mol. The van der Waals surface area contributed by atoms with Gasteiger partial charge in [-0.15, -0.1) is 0 Å². The summed E-state index contributed by atoms with van der Waals surface area (Å²) in [6.45, 7) is 3.72. The first-order valence-corrected chi connectivity index (χ1v) is 6.34. The minimum atomic E-state index is -0.338. The minimum Gasteiger partial charge on any atom is -0.455 e. The molecule has 4 heteroatoms. The number of hydrogen-bond acceptors (Lipinski definition) is 2. The van der Waals surface area contributed by atoms with Crippen LogP contribution in [-0.2, 0) is 0 Å². The summed E-state index contributed by atoms with van der Waals surface area (Å²) >= 11 is 6.11. The van der Waals surface area contributed by atoms with E-state index in [1.54, 1.807) is 19.1 Å². The summed E-state index contributed by atoms with van der Waals surface area (Å²) in [6.07, 6.45) is 0. The van der Waals surface area contributed by atoms with Crippen LogP contribution in [0, 0.1) is 12.7 Å². The molecule has 0 aliphatic rings. The molecule has 0 bridgehead atoms. The standard InChI is InChI=1S/C15H15ClFNO/c1-9-3-5-15(13(16)7-9)19-14-6-4-11(17)8-12(14)10(2)18/h3-8,10H,18H2,1-2H3/t10-/m1/s1. The van der Waals surface area contributed by atoms with E-state index in [0.717, 1.165) is 5.56 Å². The lowest BCUT2D eigenvalue weighted by atomic mass is 10.1. The van der Waals surface area contributed by atoms with Crippen LogP contribution in [-0.4, -0.2) is 0 Å². The average molecular weight is 280 g/mol. The Morgan fingerprint density at radius 2 is 1.84 bits per heavy atom. The van der Waals surface area contributed by atoms with Crippen LogP contribution < -0.4 is 10.5 Å². The fraction of sp³-hybridized carbons (Fsp3) is 0.200. The Bertz CT molecular complexity index is 599. The SMILES string of the molecule is Cc1ccc(Oc2ccc(F)cc2[C@@H](C)N)c(Cl)c1. The largest absolute Gasteiger partial charge is 0.455 e. The summed E-state index contributed by atoms with van der Waals surface area (Å²) in [5.74, 6) is 0.706. The summed E-state index contributed by atoms with van der Waals surface area (Å²) in [5, 5.41) is 0.514. The molecule has 0 saturated heterocycles. The summed E-state index contributed by atoms with van der Waals surface area (Å²) in [7, 11) is 0. The van der Waals surface area contributed by atoms with E-state index >= 15 is 0 Å². The second-order valence-electron chi connectivity index (χ2n) is 4.51. The monoisotopic (exact) mass is 279 g/mol. The lowest BCUT2D eigenvalue weighted by Crippen LogP contribution is -2.07. The fourth-order valence-corrected chi connectivity index (χ4v) is 2.05. The molecule has 19 heavy (non-hydrogen) atoms. The second kappa shape index (κ2) is 5.59. The first-order valence-electron chi connectivity index (χ1n) is 5.96. The molecular formula is C15H15ClFNO. The van der Waals surface area contributed by atoms with Crippen LogP contribution in [0.25, 0.3) is 0 Å². The summed E-state index contributed by atoms with van der Waals surface area (Å²) in [6, 6.07) is 9.44. The summed E-state index contributed by atoms with van der Waals surface area (Å²) in [4.78, 5) is 0. The van der Waals surface area contributed by atoms with Crippen LogP contribution in [0.15, 0.2) is 36.4 Å². The van der Waals surface area contributed by atoms with Crippen LogP contribution in [0.5, 0.6) is 11.5 Å². The van der Waals surface area contributed by atoms with E-state index in [4.69, 9.17) is 22.1 Å². The van der Waals surface area contributed by atoms with Gasteiger partial charge in [0.2, 0.25) is 0 Å². The quantitative estimate of drug-likeness (QED) is 0.891. The van der Waals surface area contributed by atoms with Crippen molar-refractivity contribution in [3.63, 3.8) is 0 Å². The Morgan fingerprint density at radius 1 is 1.16 bits per heavy atom. The minimum absolute atomic E-state index is 0.324. The number of halogens is 2. The van der Waals surface area contributed by atoms with E-state index < -0.39 is 0 Å². The Morgan fingerprint density at radius 3 is 2.47 bits per heavy atom. The molecule has 0 aliphatic heterocycles. The molecule has 0 aliphatic carbocycles. The van der Waals surface area contributed by atoms with Crippen LogP contribution in [0.4, 0.5) is 4.39 Å². The first-order chi connectivity index (χ1) is 8.97. The third kappa shape index (κ3) is 3.25. The molecule has 2 aromatic carbocycles. The number of aryl methyl sites for hydroxylation is 1. The van der Waals surface area contributed by atoms with E-state index in [2.05, 4.69) is 0 Å². The molecule has 2 aromatic rings. The Hall–Kier alpha value is -1.58. The highest BCUT2D eigenvalue weighted by molar-refractivity contribution is 6.32. The van der Waals surface area contributed by atoms with Crippen LogP contribution in [0.3, 0.4) is 0 Å². The van der Waals surface area contributed by atoms with Gasteiger partial charge in [-0.3, -0.25) is 0 Å². The number of benzene rings is 2. The van der Waals surface area contributed by atoms with Gasteiger partial charge in [0.15, 0.2) is 0 Å². The number of ether oxygens (including phenoxy) is 1. The van der Waals surface area contributed by atoms with Crippen molar-refractivity contribution >= 4 is 11.6 Å². The first kappa shape index (κ1) is 13.8. The zero-order valence-electron chi connectivity index (χ0n) is 10.8. The van der Waals surface area contributed by atoms with Crippen molar-refractivity contribution in [3.8, 4) is 11.5 Å². The van der Waals surface area contributed by atoms with E-state index in [0.29, 0.717) is 22.1 Å². The highest BCUT2D eigenvalue weighted by Crippen LogP contribution is 2.33. The van der Waals surface area contributed by atoms with Gasteiger partial charge in [0.05, 0.1) is 5.02 Å². The topological polar surface area (TPSA) is 35.2 Å². The molecule has 100 valence electrons. The molecule has 0 aromatic heterocycles. The molecular weight excluding hydrogens is 265 g/mol. The van der Waals surface area contributed by atoms with E-state index in [-0.39, 0.29) is 11.9 Å².